The van der Waals surface area contributed by atoms with E-state index in [0.717, 1.165) is 15.6 Å². The van der Waals surface area contributed by atoms with Crippen molar-refractivity contribution in [3.05, 3.63) is 57.5 Å². The Bertz CT molecular complexity index is 621. The zero-order valence-electron chi connectivity index (χ0n) is 11.6. The van der Waals surface area contributed by atoms with Gasteiger partial charge in [0.25, 0.3) is 0 Å². The lowest BCUT2D eigenvalue weighted by Gasteiger charge is -2.17. The molecule has 20 heavy (non-hydrogen) atoms. The quantitative estimate of drug-likeness (QED) is 0.868. The summed E-state index contributed by atoms with van der Waals surface area (Å²) in [5.74, 6) is 0.404. The second-order valence-corrected chi connectivity index (χ2v) is 5.33. The van der Waals surface area contributed by atoms with Gasteiger partial charge in [-0.2, -0.15) is 0 Å². The van der Waals surface area contributed by atoms with Crippen LogP contribution < -0.4 is 5.32 Å². The highest BCUT2D eigenvalue weighted by Gasteiger charge is 2.20. The second-order valence-electron chi connectivity index (χ2n) is 4.42. The number of halogens is 1. The summed E-state index contributed by atoms with van der Waals surface area (Å²) in [6.45, 7) is 2.04. The average Bonchev–Trinajstić information content (AvgIpc) is 2.92. The third-order valence-corrected chi connectivity index (χ3v) is 3.63. The van der Waals surface area contributed by atoms with Crippen molar-refractivity contribution >= 4 is 21.9 Å². The Labute approximate surface area is 126 Å². The molecule has 4 nitrogen and oxygen atoms in total. The third kappa shape index (κ3) is 2.94. The zero-order valence-corrected chi connectivity index (χ0v) is 13.2. The van der Waals surface area contributed by atoms with Crippen LogP contribution in [0.3, 0.4) is 0 Å². The number of carbonyl (C=O) groups is 1. The number of carbonyl (C=O) groups excluding carboxylic acids is 1. The molecule has 1 heterocycles. The molecule has 0 radical (unpaired) electrons. The number of rotatable bonds is 4. The minimum absolute atomic E-state index is 0.120. The largest absolute Gasteiger partial charge is 0.463 e. The standard InChI is InChI=1S/C15H16BrNO3/c1-9-4-5-10(16)8-11(9)14(17-2)12-6-7-13(20-12)15(18)19-3/h4-8,14,17H,1-3H3. The van der Waals surface area contributed by atoms with Crippen molar-refractivity contribution in [2.75, 3.05) is 14.2 Å². The van der Waals surface area contributed by atoms with E-state index in [9.17, 15) is 4.79 Å². The Hall–Kier alpha value is -1.59. The van der Waals surface area contributed by atoms with Crippen LogP contribution in [0.25, 0.3) is 0 Å². The maximum absolute atomic E-state index is 11.5. The Morgan fingerprint density at radius 2 is 2.10 bits per heavy atom. The summed E-state index contributed by atoms with van der Waals surface area (Å²) in [6.07, 6.45) is 0. The molecular weight excluding hydrogens is 322 g/mol. The van der Waals surface area contributed by atoms with E-state index in [2.05, 4.69) is 26.0 Å². The summed E-state index contributed by atoms with van der Waals surface area (Å²) in [4.78, 5) is 11.5. The molecule has 2 rings (SSSR count). The van der Waals surface area contributed by atoms with Crippen molar-refractivity contribution in [1.82, 2.24) is 5.32 Å². The van der Waals surface area contributed by atoms with Crippen LogP contribution >= 0.6 is 15.9 Å². The Morgan fingerprint density at radius 1 is 1.35 bits per heavy atom. The van der Waals surface area contributed by atoms with Crippen molar-refractivity contribution in [3.8, 4) is 0 Å². The fourth-order valence-corrected chi connectivity index (χ4v) is 2.47. The van der Waals surface area contributed by atoms with Crippen LogP contribution in [-0.2, 0) is 4.74 Å². The van der Waals surface area contributed by atoms with Gasteiger partial charge >= 0.3 is 5.97 Å². The Balaban J connectivity index is 2.39. The van der Waals surface area contributed by atoms with Crippen LogP contribution in [-0.4, -0.2) is 20.1 Å². The first-order chi connectivity index (χ1) is 9.56. The number of ether oxygens (including phenoxy) is 1. The first-order valence-electron chi connectivity index (χ1n) is 6.18. The van der Waals surface area contributed by atoms with Crippen molar-refractivity contribution in [2.24, 2.45) is 0 Å². The van der Waals surface area contributed by atoms with Crippen molar-refractivity contribution in [3.63, 3.8) is 0 Å². The lowest BCUT2D eigenvalue weighted by Crippen LogP contribution is -2.18. The summed E-state index contributed by atoms with van der Waals surface area (Å²) in [6, 6.07) is 9.36. The Morgan fingerprint density at radius 3 is 2.75 bits per heavy atom. The van der Waals surface area contributed by atoms with Gasteiger partial charge in [0.05, 0.1) is 13.2 Å². The molecule has 5 heteroatoms. The monoisotopic (exact) mass is 337 g/mol. The van der Waals surface area contributed by atoms with E-state index < -0.39 is 5.97 Å². The fraction of sp³-hybridized carbons (Fsp3) is 0.267. The lowest BCUT2D eigenvalue weighted by molar-refractivity contribution is 0.0562. The number of esters is 1. The van der Waals surface area contributed by atoms with Crippen LogP contribution in [0.4, 0.5) is 0 Å². The van der Waals surface area contributed by atoms with E-state index in [4.69, 9.17) is 4.42 Å². The molecule has 1 N–H and O–H groups in total. The number of methoxy groups -OCH3 is 1. The summed E-state index contributed by atoms with van der Waals surface area (Å²) in [5.41, 5.74) is 2.23. The average molecular weight is 338 g/mol. The molecule has 0 aliphatic carbocycles. The van der Waals surface area contributed by atoms with Gasteiger partial charge < -0.3 is 14.5 Å². The van der Waals surface area contributed by atoms with Gasteiger partial charge in [0.15, 0.2) is 0 Å². The molecule has 0 saturated heterocycles. The normalized spacial score (nSPS) is 12.2. The van der Waals surface area contributed by atoms with Gasteiger partial charge in [0.1, 0.15) is 5.76 Å². The van der Waals surface area contributed by atoms with Crippen molar-refractivity contribution < 1.29 is 13.9 Å². The van der Waals surface area contributed by atoms with Gasteiger partial charge in [0.2, 0.25) is 5.76 Å². The molecule has 2 aromatic rings. The highest BCUT2D eigenvalue weighted by molar-refractivity contribution is 9.10. The smallest absolute Gasteiger partial charge is 0.373 e. The number of furan rings is 1. The van der Waals surface area contributed by atoms with Crippen LogP contribution in [0, 0.1) is 6.92 Å². The third-order valence-electron chi connectivity index (χ3n) is 3.14. The summed E-state index contributed by atoms with van der Waals surface area (Å²) >= 11 is 3.47. The minimum Gasteiger partial charge on any atom is -0.463 e. The highest BCUT2D eigenvalue weighted by Crippen LogP contribution is 2.28. The number of hydrogen-bond donors (Lipinski definition) is 1. The Kier molecular flexibility index (Phi) is 4.62. The van der Waals surface area contributed by atoms with Gasteiger partial charge in [-0.3, -0.25) is 0 Å². The van der Waals surface area contributed by atoms with Crippen molar-refractivity contribution in [2.45, 2.75) is 13.0 Å². The number of benzene rings is 1. The summed E-state index contributed by atoms with van der Waals surface area (Å²) in [7, 11) is 3.18. The van der Waals surface area contributed by atoms with Crippen LogP contribution in [0.5, 0.6) is 0 Å². The van der Waals surface area contributed by atoms with Gasteiger partial charge in [-0.15, -0.1) is 0 Å². The van der Waals surface area contributed by atoms with Crippen LogP contribution in [0.15, 0.2) is 39.2 Å². The molecule has 1 aromatic heterocycles. The first kappa shape index (κ1) is 14.8. The number of aryl methyl sites for hydroxylation is 1. The number of hydrogen-bond acceptors (Lipinski definition) is 4. The molecule has 0 fully saturated rings. The van der Waals surface area contributed by atoms with Gasteiger partial charge in [0, 0.05) is 4.47 Å². The SMILES string of the molecule is CNC(c1ccc(C(=O)OC)o1)c1cc(Br)ccc1C. The maximum Gasteiger partial charge on any atom is 0.373 e. The van der Waals surface area contributed by atoms with E-state index in [0.29, 0.717) is 5.76 Å². The summed E-state index contributed by atoms with van der Waals surface area (Å²) in [5, 5.41) is 3.21. The molecule has 0 amide bonds. The molecule has 0 bridgehead atoms. The van der Waals surface area contributed by atoms with E-state index in [1.54, 1.807) is 12.1 Å². The molecule has 0 spiro atoms. The maximum atomic E-state index is 11.5. The van der Waals surface area contributed by atoms with Gasteiger partial charge in [-0.05, 0) is 49.4 Å². The topological polar surface area (TPSA) is 51.5 Å². The van der Waals surface area contributed by atoms with E-state index in [-0.39, 0.29) is 11.8 Å². The molecular formula is C15H16BrNO3. The molecule has 0 saturated carbocycles. The van der Waals surface area contributed by atoms with E-state index in [1.807, 2.05) is 32.2 Å². The number of nitrogens with one attached hydrogen (secondary N) is 1. The van der Waals surface area contributed by atoms with Crippen molar-refractivity contribution in [1.29, 1.82) is 0 Å². The van der Waals surface area contributed by atoms with Crippen LogP contribution in [0.1, 0.15) is 33.5 Å². The van der Waals surface area contributed by atoms with Gasteiger partial charge in [-0.1, -0.05) is 22.0 Å². The van der Waals surface area contributed by atoms with E-state index >= 15 is 0 Å². The highest BCUT2D eigenvalue weighted by atomic mass is 79.9. The van der Waals surface area contributed by atoms with Gasteiger partial charge in [-0.25, -0.2) is 4.79 Å². The van der Waals surface area contributed by atoms with E-state index in [1.165, 1.54) is 7.11 Å². The zero-order chi connectivity index (χ0) is 14.7. The lowest BCUT2D eigenvalue weighted by atomic mass is 10.00. The fourth-order valence-electron chi connectivity index (χ4n) is 2.09. The van der Waals surface area contributed by atoms with Crippen LogP contribution in [0.2, 0.25) is 0 Å². The minimum atomic E-state index is -0.475. The molecule has 106 valence electrons. The molecule has 1 atom stereocenters. The predicted octanol–water partition coefficient (Wildman–Crippen LogP) is 3.45. The predicted molar refractivity (Wildman–Crippen MR) is 79.8 cm³/mol. The summed E-state index contributed by atoms with van der Waals surface area (Å²) < 4.78 is 11.2. The molecule has 0 aliphatic rings. The molecule has 1 aromatic carbocycles. The first-order valence-corrected chi connectivity index (χ1v) is 6.97. The second kappa shape index (κ2) is 6.24. The molecule has 0 aliphatic heterocycles. The molecule has 1 unspecified atom stereocenters.